The van der Waals surface area contributed by atoms with E-state index >= 15 is 0 Å². The van der Waals surface area contributed by atoms with Crippen LogP contribution in [0.3, 0.4) is 0 Å². The molecule has 1 aromatic carbocycles. The average Bonchev–Trinajstić information content (AvgIpc) is 2.79. The van der Waals surface area contributed by atoms with E-state index < -0.39 is 0 Å². The van der Waals surface area contributed by atoms with Crippen molar-refractivity contribution >= 4 is 0 Å². The van der Waals surface area contributed by atoms with Crippen molar-refractivity contribution in [3.05, 3.63) is 35.4 Å². The third-order valence-corrected chi connectivity index (χ3v) is 5.40. The lowest BCUT2D eigenvalue weighted by Crippen LogP contribution is -2.27. The minimum atomic E-state index is 0.393. The van der Waals surface area contributed by atoms with E-state index in [2.05, 4.69) is 29.2 Å². The molecule has 0 bridgehead atoms. The van der Waals surface area contributed by atoms with Crippen LogP contribution in [0.1, 0.15) is 62.5 Å². The Bertz CT molecular complexity index is 470. The summed E-state index contributed by atoms with van der Waals surface area (Å²) in [6.07, 6.45) is 10.5. The molecule has 1 unspecified atom stereocenters. The summed E-state index contributed by atoms with van der Waals surface area (Å²) in [4.78, 5) is 2.56. The number of hydrogen-bond acceptors (Lipinski definition) is 3. The number of nitrogens with zero attached hydrogens (tertiary/aromatic N) is 1. The Balaban J connectivity index is 1.56. The predicted molar refractivity (Wildman–Crippen MR) is 95.2 cm³/mol. The van der Waals surface area contributed by atoms with Crippen LogP contribution in [0.15, 0.2) is 24.3 Å². The van der Waals surface area contributed by atoms with Crippen molar-refractivity contribution in [1.29, 1.82) is 0 Å². The summed E-state index contributed by atoms with van der Waals surface area (Å²) in [6.45, 7) is 4.11. The van der Waals surface area contributed by atoms with E-state index in [0.29, 0.717) is 12.1 Å². The number of hydrogen-bond donors (Lipinski definition) is 1. The Labute approximate surface area is 141 Å². The lowest BCUT2D eigenvalue weighted by atomic mass is 9.97. The molecule has 2 N–H and O–H groups in total. The molecule has 3 heteroatoms. The minimum Gasteiger partial charge on any atom is -0.374 e. The van der Waals surface area contributed by atoms with Crippen LogP contribution in [0, 0.1) is 0 Å². The molecule has 1 aromatic rings. The van der Waals surface area contributed by atoms with Gasteiger partial charge in [-0.3, -0.25) is 4.90 Å². The second kappa shape index (κ2) is 8.81. The number of ether oxygens (including phenoxy) is 1. The summed E-state index contributed by atoms with van der Waals surface area (Å²) < 4.78 is 6.20. The van der Waals surface area contributed by atoms with E-state index in [1.54, 1.807) is 0 Å². The highest BCUT2D eigenvalue weighted by molar-refractivity contribution is 5.26. The maximum atomic E-state index is 6.20. The van der Waals surface area contributed by atoms with Crippen LogP contribution in [0.25, 0.3) is 0 Å². The minimum absolute atomic E-state index is 0.393. The molecule has 1 aliphatic carbocycles. The van der Waals surface area contributed by atoms with E-state index in [1.807, 2.05) is 0 Å². The lowest BCUT2D eigenvalue weighted by Gasteiger charge is -2.24. The molecule has 1 saturated carbocycles. The highest BCUT2D eigenvalue weighted by Crippen LogP contribution is 2.23. The molecule has 128 valence electrons. The van der Waals surface area contributed by atoms with Gasteiger partial charge in [0.1, 0.15) is 0 Å². The average molecular weight is 316 g/mol. The molecule has 23 heavy (non-hydrogen) atoms. The first-order chi connectivity index (χ1) is 11.3. The van der Waals surface area contributed by atoms with Crippen molar-refractivity contribution in [1.82, 2.24) is 4.90 Å². The predicted octanol–water partition coefficient (Wildman–Crippen LogP) is 3.85. The lowest BCUT2D eigenvalue weighted by molar-refractivity contribution is 0.0163. The van der Waals surface area contributed by atoms with Gasteiger partial charge >= 0.3 is 0 Å². The topological polar surface area (TPSA) is 38.5 Å². The molecule has 3 rings (SSSR count). The number of nitrogens with two attached hydrogens (primary N) is 1. The molecule has 1 aliphatic heterocycles. The highest BCUT2D eigenvalue weighted by Gasteiger charge is 2.17. The Morgan fingerprint density at radius 2 is 1.70 bits per heavy atom. The smallest absolute Gasteiger partial charge is 0.0723 e. The van der Waals surface area contributed by atoms with E-state index in [0.717, 1.165) is 26.1 Å². The maximum Gasteiger partial charge on any atom is 0.0723 e. The third kappa shape index (κ3) is 5.30. The zero-order valence-electron chi connectivity index (χ0n) is 14.4. The summed E-state index contributed by atoms with van der Waals surface area (Å²) in [7, 11) is 0. The number of rotatable bonds is 5. The summed E-state index contributed by atoms with van der Waals surface area (Å²) in [6, 6.07) is 9.20. The van der Waals surface area contributed by atoms with Crippen molar-refractivity contribution in [3.63, 3.8) is 0 Å². The molecule has 2 aliphatic rings. The molecule has 1 heterocycles. The first-order valence-electron chi connectivity index (χ1n) is 9.47. The molecule has 1 saturated heterocycles. The van der Waals surface area contributed by atoms with Crippen LogP contribution < -0.4 is 5.73 Å². The summed E-state index contributed by atoms with van der Waals surface area (Å²) in [5.74, 6) is 0. The highest BCUT2D eigenvalue weighted by atomic mass is 16.5. The monoisotopic (exact) mass is 316 g/mol. The Kier molecular flexibility index (Phi) is 6.49. The number of benzene rings is 1. The van der Waals surface area contributed by atoms with Crippen LogP contribution in [0.5, 0.6) is 0 Å². The maximum absolute atomic E-state index is 6.20. The fourth-order valence-corrected chi connectivity index (χ4v) is 3.87. The van der Waals surface area contributed by atoms with Crippen LogP contribution in [0.2, 0.25) is 0 Å². The molecule has 0 radical (unpaired) electrons. The van der Waals surface area contributed by atoms with Crippen molar-refractivity contribution in [2.45, 2.75) is 76.7 Å². The first kappa shape index (κ1) is 16.9. The normalized spacial score (nSPS) is 24.5. The van der Waals surface area contributed by atoms with Gasteiger partial charge < -0.3 is 10.5 Å². The molecule has 3 nitrogen and oxygen atoms in total. The number of likely N-dealkylation sites (tertiary alicyclic amines) is 1. The second-order valence-corrected chi connectivity index (χ2v) is 7.31. The molecular formula is C20H32N2O. The summed E-state index contributed by atoms with van der Waals surface area (Å²) in [5, 5.41) is 0. The second-order valence-electron chi connectivity index (χ2n) is 7.31. The van der Waals surface area contributed by atoms with Crippen LogP contribution in [0.4, 0.5) is 0 Å². The summed E-state index contributed by atoms with van der Waals surface area (Å²) in [5.41, 5.74) is 8.90. The van der Waals surface area contributed by atoms with Gasteiger partial charge in [0.15, 0.2) is 0 Å². The third-order valence-electron chi connectivity index (χ3n) is 5.40. The zero-order chi connectivity index (χ0) is 15.9. The van der Waals surface area contributed by atoms with E-state index in [-0.39, 0.29) is 0 Å². The Morgan fingerprint density at radius 1 is 0.913 bits per heavy atom. The van der Waals surface area contributed by atoms with Gasteiger partial charge in [-0.2, -0.15) is 0 Å². The van der Waals surface area contributed by atoms with Gasteiger partial charge in [0.25, 0.3) is 0 Å². The molecule has 1 atom stereocenters. The van der Waals surface area contributed by atoms with E-state index in [4.69, 9.17) is 10.5 Å². The van der Waals surface area contributed by atoms with Gasteiger partial charge in [-0.05, 0) is 56.3 Å². The van der Waals surface area contributed by atoms with Gasteiger partial charge in [0.05, 0.1) is 12.7 Å². The molecule has 2 fully saturated rings. The van der Waals surface area contributed by atoms with Crippen molar-refractivity contribution in [2.24, 2.45) is 5.73 Å². The largest absolute Gasteiger partial charge is 0.374 e. The Morgan fingerprint density at radius 3 is 2.52 bits per heavy atom. The van der Waals surface area contributed by atoms with Gasteiger partial charge in [0, 0.05) is 12.6 Å². The van der Waals surface area contributed by atoms with E-state index in [1.165, 1.54) is 62.6 Å². The van der Waals surface area contributed by atoms with Gasteiger partial charge in [-0.1, -0.05) is 43.5 Å². The molecular weight excluding hydrogens is 284 g/mol. The fourth-order valence-electron chi connectivity index (χ4n) is 3.87. The molecule has 0 aromatic heterocycles. The zero-order valence-corrected chi connectivity index (χ0v) is 14.4. The fraction of sp³-hybridized carbons (Fsp3) is 0.700. The standard InChI is InChI=1S/C20H32N2O/c21-19-9-6-13-22(14-12-19)15-17-7-4-5-8-18(17)16-23-20-10-2-1-3-11-20/h4-5,7-8,19-20H,1-3,6,9-16,21H2. The van der Waals surface area contributed by atoms with Gasteiger partial charge in [0.2, 0.25) is 0 Å². The van der Waals surface area contributed by atoms with Crippen LogP contribution >= 0.6 is 0 Å². The Hall–Kier alpha value is -0.900. The van der Waals surface area contributed by atoms with Crippen molar-refractivity contribution in [2.75, 3.05) is 13.1 Å². The SMILES string of the molecule is NC1CCCN(Cc2ccccc2COC2CCCCC2)CC1. The van der Waals surface area contributed by atoms with Gasteiger partial charge in [-0.15, -0.1) is 0 Å². The molecule has 0 amide bonds. The quantitative estimate of drug-likeness (QED) is 0.897. The van der Waals surface area contributed by atoms with Crippen LogP contribution in [-0.2, 0) is 17.9 Å². The molecule has 0 spiro atoms. The van der Waals surface area contributed by atoms with E-state index in [9.17, 15) is 0 Å². The van der Waals surface area contributed by atoms with Gasteiger partial charge in [-0.25, -0.2) is 0 Å². The van der Waals surface area contributed by atoms with Crippen LogP contribution in [-0.4, -0.2) is 30.1 Å². The van der Waals surface area contributed by atoms with Crippen molar-refractivity contribution in [3.8, 4) is 0 Å². The first-order valence-corrected chi connectivity index (χ1v) is 9.47. The van der Waals surface area contributed by atoms with Crippen molar-refractivity contribution < 1.29 is 4.74 Å². The summed E-state index contributed by atoms with van der Waals surface area (Å²) >= 11 is 0.